The van der Waals surface area contributed by atoms with Crippen LogP contribution in [-0.2, 0) is 24.2 Å². The van der Waals surface area contributed by atoms with Gasteiger partial charge in [0, 0.05) is 0 Å². The number of hydrogen-bond acceptors (Lipinski definition) is 3. The van der Waals surface area contributed by atoms with E-state index in [1.54, 1.807) is 12.1 Å². The third kappa shape index (κ3) is 2.59. The molecule has 0 aromatic heterocycles. The molecule has 0 aliphatic rings. The van der Waals surface area contributed by atoms with E-state index >= 15 is 0 Å². The van der Waals surface area contributed by atoms with Crippen LogP contribution in [0.1, 0.15) is 29.2 Å². The van der Waals surface area contributed by atoms with Gasteiger partial charge in [-0.25, -0.2) is 0 Å². The zero-order valence-corrected chi connectivity index (χ0v) is 9.03. The second-order valence-electron chi connectivity index (χ2n) is 3.47. The summed E-state index contributed by atoms with van der Waals surface area (Å²) < 4.78 is 0. The number of rotatable bonds is 4. The van der Waals surface area contributed by atoms with Gasteiger partial charge in [-0.1, -0.05) is 13.0 Å². The summed E-state index contributed by atoms with van der Waals surface area (Å²) in [5, 5.41) is 26.8. The monoisotopic (exact) mass is 219 g/mol. The van der Waals surface area contributed by atoms with E-state index in [1.165, 1.54) is 0 Å². The number of aliphatic carboxylic acids is 1. The standard InChI is InChI=1S/C12H13NO3/c1-2-8-3-10(6-13)9(5-12(15)16)4-11(8)7-14/h3-4,14H,2,5,7H2,1H3,(H,15,16). The van der Waals surface area contributed by atoms with Crippen LogP contribution in [0.2, 0.25) is 0 Å². The fourth-order valence-corrected chi connectivity index (χ4v) is 1.63. The molecule has 0 unspecified atom stereocenters. The Morgan fingerprint density at radius 1 is 1.38 bits per heavy atom. The van der Waals surface area contributed by atoms with Crippen molar-refractivity contribution in [2.45, 2.75) is 26.4 Å². The first-order valence-electron chi connectivity index (χ1n) is 4.99. The van der Waals surface area contributed by atoms with Crippen molar-refractivity contribution in [1.82, 2.24) is 0 Å². The molecule has 0 heterocycles. The average molecular weight is 219 g/mol. The molecule has 0 saturated carbocycles. The van der Waals surface area contributed by atoms with E-state index in [0.717, 1.165) is 5.56 Å². The predicted molar refractivity (Wildman–Crippen MR) is 57.8 cm³/mol. The van der Waals surface area contributed by atoms with Crippen molar-refractivity contribution in [2.24, 2.45) is 0 Å². The molecule has 1 rings (SSSR count). The Morgan fingerprint density at radius 2 is 2.06 bits per heavy atom. The van der Waals surface area contributed by atoms with Gasteiger partial charge in [-0.15, -0.1) is 0 Å². The van der Waals surface area contributed by atoms with Crippen LogP contribution < -0.4 is 0 Å². The summed E-state index contributed by atoms with van der Waals surface area (Å²) in [4.78, 5) is 10.6. The molecule has 0 aliphatic heterocycles. The Morgan fingerprint density at radius 3 is 2.50 bits per heavy atom. The fourth-order valence-electron chi connectivity index (χ4n) is 1.63. The predicted octanol–water partition coefficient (Wildman–Crippen LogP) is 1.24. The molecule has 4 heteroatoms. The minimum atomic E-state index is -0.982. The second kappa shape index (κ2) is 5.29. The number of hydrogen-bond donors (Lipinski definition) is 2. The van der Waals surface area contributed by atoms with E-state index in [9.17, 15) is 4.79 Å². The molecule has 0 saturated heterocycles. The summed E-state index contributed by atoms with van der Waals surface area (Å²) in [5.41, 5.74) is 2.40. The van der Waals surface area contributed by atoms with Crippen molar-refractivity contribution < 1.29 is 15.0 Å². The summed E-state index contributed by atoms with van der Waals surface area (Å²) in [6, 6.07) is 5.24. The van der Waals surface area contributed by atoms with Gasteiger partial charge >= 0.3 is 5.97 Å². The minimum Gasteiger partial charge on any atom is -0.481 e. The highest BCUT2D eigenvalue weighted by Crippen LogP contribution is 2.18. The highest BCUT2D eigenvalue weighted by molar-refractivity contribution is 5.71. The van der Waals surface area contributed by atoms with Crippen LogP contribution in [0.5, 0.6) is 0 Å². The Hall–Kier alpha value is -1.86. The van der Waals surface area contributed by atoms with Gasteiger partial charge in [-0.3, -0.25) is 4.79 Å². The maximum absolute atomic E-state index is 10.6. The number of aliphatic hydroxyl groups excluding tert-OH is 1. The largest absolute Gasteiger partial charge is 0.481 e. The first-order valence-corrected chi connectivity index (χ1v) is 4.99. The van der Waals surface area contributed by atoms with Gasteiger partial charge in [0.1, 0.15) is 0 Å². The number of aryl methyl sites for hydroxylation is 1. The molecule has 84 valence electrons. The summed E-state index contributed by atoms with van der Waals surface area (Å²) in [6.45, 7) is 1.79. The van der Waals surface area contributed by atoms with E-state index in [-0.39, 0.29) is 13.0 Å². The third-order valence-corrected chi connectivity index (χ3v) is 2.44. The zero-order chi connectivity index (χ0) is 12.1. The van der Waals surface area contributed by atoms with Crippen LogP contribution in [0.15, 0.2) is 12.1 Å². The highest BCUT2D eigenvalue weighted by atomic mass is 16.4. The van der Waals surface area contributed by atoms with Crippen molar-refractivity contribution in [3.63, 3.8) is 0 Å². The van der Waals surface area contributed by atoms with Gasteiger partial charge in [-0.05, 0) is 29.2 Å². The van der Waals surface area contributed by atoms with Crippen molar-refractivity contribution >= 4 is 5.97 Å². The summed E-state index contributed by atoms with van der Waals surface area (Å²) in [7, 11) is 0. The van der Waals surface area contributed by atoms with Gasteiger partial charge in [0.05, 0.1) is 24.7 Å². The molecule has 0 spiro atoms. The second-order valence-corrected chi connectivity index (χ2v) is 3.47. The van der Waals surface area contributed by atoms with Crippen LogP contribution in [0.4, 0.5) is 0 Å². The molecule has 0 amide bonds. The molecule has 4 nitrogen and oxygen atoms in total. The summed E-state index contributed by atoms with van der Waals surface area (Å²) in [5.74, 6) is -0.982. The van der Waals surface area contributed by atoms with Crippen LogP contribution in [0.25, 0.3) is 0 Å². The van der Waals surface area contributed by atoms with E-state index in [1.807, 2.05) is 13.0 Å². The Balaban J connectivity index is 3.27. The molecule has 0 radical (unpaired) electrons. The molecular weight excluding hydrogens is 206 g/mol. The first-order chi connectivity index (χ1) is 7.62. The average Bonchev–Trinajstić information content (AvgIpc) is 2.27. The molecule has 0 aliphatic carbocycles. The fraction of sp³-hybridized carbons (Fsp3) is 0.333. The maximum Gasteiger partial charge on any atom is 0.307 e. The molecule has 1 aromatic carbocycles. The molecule has 1 aromatic rings. The molecule has 0 bridgehead atoms. The van der Waals surface area contributed by atoms with Crippen molar-refractivity contribution in [1.29, 1.82) is 5.26 Å². The van der Waals surface area contributed by atoms with Crippen molar-refractivity contribution in [3.8, 4) is 6.07 Å². The number of benzene rings is 1. The lowest BCUT2D eigenvalue weighted by Crippen LogP contribution is -2.05. The lowest BCUT2D eigenvalue weighted by molar-refractivity contribution is -0.136. The number of aliphatic hydroxyl groups is 1. The number of carbonyl (C=O) groups is 1. The molecule has 16 heavy (non-hydrogen) atoms. The smallest absolute Gasteiger partial charge is 0.307 e. The van der Waals surface area contributed by atoms with Gasteiger partial charge in [0.2, 0.25) is 0 Å². The van der Waals surface area contributed by atoms with E-state index in [0.29, 0.717) is 23.1 Å². The molecular formula is C12H13NO3. The van der Waals surface area contributed by atoms with Crippen LogP contribution in [-0.4, -0.2) is 16.2 Å². The Labute approximate surface area is 93.8 Å². The van der Waals surface area contributed by atoms with Gasteiger partial charge in [0.15, 0.2) is 0 Å². The lowest BCUT2D eigenvalue weighted by atomic mass is 9.96. The molecule has 2 N–H and O–H groups in total. The third-order valence-electron chi connectivity index (χ3n) is 2.44. The summed E-state index contributed by atoms with van der Waals surface area (Å²) in [6.07, 6.45) is 0.512. The van der Waals surface area contributed by atoms with E-state index in [4.69, 9.17) is 15.5 Å². The van der Waals surface area contributed by atoms with Crippen LogP contribution in [0.3, 0.4) is 0 Å². The Bertz CT molecular complexity index is 446. The zero-order valence-electron chi connectivity index (χ0n) is 9.03. The van der Waals surface area contributed by atoms with E-state index in [2.05, 4.69) is 0 Å². The SMILES string of the molecule is CCc1cc(C#N)c(CC(=O)O)cc1CO. The topological polar surface area (TPSA) is 81.3 Å². The lowest BCUT2D eigenvalue weighted by Gasteiger charge is -2.09. The van der Waals surface area contributed by atoms with Crippen LogP contribution in [0, 0.1) is 11.3 Å². The number of carboxylic acid groups (broad SMARTS) is 1. The van der Waals surface area contributed by atoms with Crippen molar-refractivity contribution in [2.75, 3.05) is 0 Å². The number of carboxylic acids is 1. The highest BCUT2D eigenvalue weighted by Gasteiger charge is 2.11. The Kier molecular flexibility index (Phi) is 4.03. The maximum atomic E-state index is 10.6. The van der Waals surface area contributed by atoms with Crippen LogP contribution >= 0.6 is 0 Å². The van der Waals surface area contributed by atoms with E-state index < -0.39 is 5.97 Å². The quantitative estimate of drug-likeness (QED) is 0.798. The summed E-state index contributed by atoms with van der Waals surface area (Å²) >= 11 is 0. The minimum absolute atomic E-state index is 0.137. The van der Waals surface area contributed by atoms with Gasteiger partial charge < -0.3 is 10.2 Å². The number of nitriles is 1. The van der Waals surface area contributed by atoms with Gasteiger partial charge in [0.25, 0.3) is 0 Å². The van der Waals surface area contributed by atoms with Crippen molar-refractivity contribution in [3.05, 3.63) is 34.4 Å². The first kappa shape index (κ1) is 12.2. The number of nitrogens with zero attached hydrogens (tertiary/aromatic N) is 1. The normalized spacial score (nSPS) is 9.81. The molecule has 0 atom stereocenters. The van der Waals surface area contributed by atoms with Gasteiger partial charge in [-0.2, -0.15) is 5.26 Å². The molecule has 0 fully saturated rings.